The van der Waals surface area contributed by atoms with Gasteiger partial charge in [0, 0.05) is 11.8 Å². The van der Waals surface area contributed by atoms with Crippen molar-refractivity contribution in [3.8, 4) is 0 Å². The molecule has 2 aromatic rings. The smallest absolute Gasteiger partial charge is 0.338 e. The summed E-state index contributed by atoms with van der Waals surface area (Å²) in [6.07, 6.45) is 2.67. The van der Waals surface area contributed by atoms with Gasteiger partial charge in [-0.05, 0) is 73.1 Å². The fraction of sp³-hybridized carbons (Fsp3) is 0.385. The number of hydrogen-bond donors (Lipinski definition) is 0. The third-order valence-electron chi connectivity index (χ3n) is 5.98. The number of hydrogen-bond acceptors (Lipinski definition) is 3. The van der Waals surface area contributed by atoms with E-state index in [0.717, 1.165) is 22.3 Å². The highest BCUT2D eigenvalue weighted by Gasteiger charge is 2.43. The number of ketones is 1. The molecule has 152 valence electrons. The van der Waals surface area contributed by atoms with Crippen molar-refractivity contribution in [2.45, 2.75) is 58.8 Å². The number of fused-ring (bicyclic) bond motifs is 1. The summed E-state index contributed by atoms with van der Waals surface area (Å²) in [7, 11) is 0. The lowest BCUT2D eigenvalue weighted by Crippen LogP contribution is -2.42. The molecule has 0 bridgehead atoms. The summed E-state index contributed by atoms with van der Waals surface area (Å²) >= 11 is 0. The molecule has 29 heavy (non-hydrogen) atoms. The Hall–Kier alpha value is -2.68. The molecular weight excluding hydrogens is 360 g/mol. The number of carbonyl (C=O) groups is 2. The molecule has 0 saturated carbocycles. The molecule has 0 N–H and O–H groups in total. The quantitative estimate of drug-likeness (QED) is 0.478. The minimum atomic E-state index is -0.470. The number of ether oxygens (including phenoxy) is 1. The van der Waals surface area contributed by atoms with Crippen LogP contribution in [0.15, 0.2) is 42.5 Å². The molecule has 1 aliphatic carbocycles. The van der Waals surface area contributed by atoms with Gasteiger partial charge in [-0.15, -0.1) is 0 Å². The van der Waals surface area contributed by atoms with Gasteiger partial charge in [0.25, 0.3) is 0 Å². The van der Waals surface area contributed by atoms with E-state index in [1.165, 1.54) is 5.56 Å². The van der Waals surface area contributed by atoms with Gasteiger partial charge in [0.05, 0.1) is 12.2 Å². The third kappa shape index (κ3) is 4.05. The van der Waals surface area contributed by atoms with Crippen LogP contribution in [0.5, 0.6) is 0 Å². The molecule has 0 saturated heterocycles. The van der Waals surface area contributed by atoms with Crippen LogP contribution in [0.25, 0.3) is 11.6 Å². The largest absolute Gasteiger partial charge is 0.462 e. The number of rotatable bonds is 4. The van der Waals surface area contributed by atoms with Gasteiger partial charge in [0.2, 0.25) is 0 Å². The molecule has 0 fully saturated rings. The first-order valence-electron chi connectivity index (χ1n) is 10.2. The maximum Gasteiger partial charge on any atom is 0.338 e. The van der Waals surface area contributed by atoms with Gasteiger partial charge in [0.1, 0.15) is 5.78 Å². The van der Waals surface area contributed by atoms with Crippen molar-refractivity contribution in [1.82, 2.24) is 0 Å². The zero-order valence-electron chi connectivity index (χ0n) is 18.3. The van der Waals surface area contributed by atoms with Crippen LogP contribution in [0.2, 0.25) is 0 Å². The van der Waals surface area contributed by atoms with Crippen molar-refractivity contribution < 1.29 is 14.3 Å². The van der Waals surface area contributed by atoms with E-state index in [2.05, 4.69) is 45.0 Å². The molecule has 3 nitrogen and oxygen atoms in total. The van der Waals surface area contributed by atoms with Crippen molar-refractivity contribution in [3.63, 3.8) is 0 Å². The SMILES string of the molecule is CCOC(=O)c1ccc(/C=C(\C)c2ccc3c(c2)C(C)(C)C(=O)CC3(C)C)cc1. The molecule has 0 radical (unpaired) electrons. The van der Waals surface area contributed by atoms with E-state index in [0.29, 0.717) is 24.4 Å². The number of esters is 1. The van der Waals surface area contributed by atoms with Gasteiger partial charge in [0.15, 0.2) is 0 Å². The molecule has 0 amide bonds. The predicted molar refractivity (Wildman–Crippen MR) is 118 cm³/mol. The summed E-state index contributed by atoms with van der Waals surface area (Å²) in [5.41, 5.74) is 5.57. The third-order valence-corrected chi connectivity index (χ3v) is 5.98. The lowest BCUT2D eigenvalue weighted by molar-refractivity contribution is -0.125. The van der Waals surface area contributed by atoms with Crippen LogP contribution in [0.1, 0.15) is 80.6 Å². The second-order valence-corrected chi connectivity index (χ2v) is 9.04. The lowest BCUT2D eigenvalue weighted by Gasteiger charge is -2.40. The second-order valence-electron chi connectivity index (χ2n) is 9.04. The first-order valence-corrected chi connectivity index (χ1v) is 10.2. The Kier molecular flexibility index (Phi) is 5.53. The fourth-order valence-corrected chi connectivity index (χ4v) is 4.03. The van der Waals surface area contributed by atoms with E-state index in [-0.39, 0.29) is 11.4 Å². The van der Waals surface area contributed by atoms with Crippen molar-refractivity contribution in [3.05, 3.63) is 70.3 Å². The van der Waals surface area contributed by atoms with Crippen LogP contribution >= 0.6 is 0 Å². The van der Waals surface area contributed by atoms with Crippen LogP contribution in [0.4, 0.5) is 0 Å². The van der Waals surface area contributed by atoms with E-state index in [1.807, 2.05) is 26.0 Å². The molecule has 0 spiro atoms. The molecule has 0 atom stereocenters. The highest BCUT2D eigenvalue weighted by molar-refractivity contribution is 5.94. The van der Waals surface area contributed by atoms with Crippen LogP contribution in [0, 0.1) is 0 Å². The second kappa shape index (κ2) is 7.62. The Morgan fingerprint density at radius 3 is 2.24 bits per heavy atom. The number of Topliss-reactive ketones (excluding diaryl/α,β-unsaturated/α-hetero) is 1. The number of allylic oxidation sites excluding steroid dienone is 1. The van der Waals surface area contributed by atoms with Gasteiger partial charge in [-0.2, -0.15) is 0 Å². The summed E-state index contributed by atoms with van der Waals surface area (Å²) in [6, 6.07) is 13.9. The molecular formula is C26H30O3. The van der Waals surface area contributed by atoms with Crippen LogP contribution < -0.4 is 0 Å². The molecule has 3 rings (SSSR count). The van der Waals surface area contributed by atoms with Crippen LogP contribution in [-0.2, 0) is 20.4 Å². The molecule has 0 aliphatic heterocycles. The number of benzene rings is 2. The molecule has 1 aliphatic rings. The summed E-state index contributed by atoms with van der Waals surface area (Å²) in [5, 5.41) is 0. The molecule has 0 unspecified atom stereocenters. The lowest BCUT2D eigenvalue weighted by atomic mass is 9.62. The van der Waals surface area contributed by atoms with Crippen LogP contribution in [0.3, 0.4) is 0 Å². The van der Waals surface area contributed by atoms with Crippen molar-refractivity contribution in [1.29, 1.82) is 0 Å². The monoisotopic (exact) mass is 390 g/mol. The summed E-state index contributed by atoms with van der Waals surface area (Å²) in [6.45, 7) is 12.6. The fourth-order valence-electron chi connectivity index (χ4n) is 4.03. The van der Waals surface area contributed by atoms with Gasteiger partial charge in [-0.25, -0.2) is 4.79 Å². The van der Waals surface area contributed by atoms with Gasteiger partial charge >= 0.3 is 5.97 Å². The van der Waals surface area contributed by atoms with Crippen molar-refractivity contribution in [2.75, 3.05) is 6.61 Å². The molecule has 2 aromatic carbocycles. The maximum absolute atomic E-state index is 12.7. The Morgan fingerprint density at radius 1 is 1.00 bits per heavy atom. The topological polar surface area (TPSA) is 43.4 Å². The first kappa shape index (κ1) is 21.0. The minimum Gasteiger partial charge on any atom is -0.462 e. The molecule has 0 heterocycles. The summed E-state index contributed by atoms with van der Waals surface area (Å²) in [4.78, 5) is 24.6. The Labute approximate surface area is 173 Å². The zero-order chi connectivity index (χ0) is 21.4. The average molecular weight is 391 g/mol. The Morgan fingerprint density at radius 2 is 1.62 bits per heavy atom. The maximum atomic E-state index is 12.7. The first-order chi connectivity index (χ1) is 13.6. The van der Waals surface area contributed by atoms with Crippen molar-refractivity contribution in [2.24, 2.45) is 0 Å². The van der Waals surface area contributed by atoms with Crippen molar-refractivity contribution >= 4 is 23.4 Å². The Bertz CT molecular complexity index is 976. The Balaban J connectivity index is 1.94. The normalized spacial score (nSPS) is 17.6. The van der Waals surface area contributed by atoms with E-state index < -0.39 is 5.41 Å². The van der Waals surface area contributed by atoms with Crippen LogP contribution in [-0.4, -0.2) is 18.4 Å². The minimum absolute atomic E-state index is 0.138. The highest BCUT2D eigenvalue weighted by atomic mass is 16.5. The van der Waals surface area contributed by atoms with Gasteiger partial charge in [-0.3, -0.25) is 4.79 Å². The van der Waals surface area contributed by atoms with Gasteiger partial charge < -0.3 is 4.74 Å². The van der Waals surface area contributed by atoms with Gasteiger partial charge in [-0.1, -0.05) is 50.3 Å². The predicted octanol–water partition coefficient (Wildman–Crippen LogP) is 5.95. The zero-order valence-corrected chi connectivity index (χ0v) is 18.3. The summed E-state index contributed by atoms with van der Waals surface area (Å²) in [5.74, 6) is -0.00714. The molecule has 0 aromatic heterocycles. The highest BCUT2D eigenvalue weighted by Crippen LogP contribution is 2.44. The van der Waals surface area contributed by atoms with E-state index in [1.54, 1.807) is 19.1 Å². The van der Waals surface area contributed by atoms with E-state index in [4.69, 9.17) is 4.74 Å². The molecule has 3 heteroatoms. The summed E-state index contributed by atoms with van der Waals surface area (Å²) < 4.78 is 5.03. The van der Waals surface area contributed by atoms with E-state index >= 15 is 0 Å². The van der Waals surface area contributed by atoms with E-state index in [9.17, 15) is 9.59 Å². The number of carbonyl (C=O) groups excluding carboxylic acids is 2. The average Bonchev–Trinajstić information content (AvgIpc) is 2.67. The standard InChI is InChI=1S/C26H30O3/c1-7-29-24(28)19-10-8-18(9-11-19)14-17(2)20-12-13-21-22(15-20)26(5,6)23(27)16-25(21,3)4/h8-15H,7,16H2,1-6H3/b17-14+.